The maximum absolute atomic E-state index is 6.33. The summed E-state index contributed by atoms with van der Waals surface area (Å²) in [6, 6.07) is 67.6. The summed E-state index contributed by atoms with van der Waals surface area (Å²) in [7, 11) is 0. The molecule has 0 fully saturated rings. The zero-order chi connectivity index (χ0) is 36.3. The summed E-state index contributed by atoms with van der Waals surface area (Å²) in [5, 5.41) is 6.19. The third-order valence-corrected chi connectivity index (χ3v) is 12.8. The van der Waals surface area contributed by atoms with E-state index in [-0.39, 0.29) is 0 Å². The van der Waals surface area contributed by atoms with Crippen molar-refractivity contribution >= 4 is 108 Å². The van der Waals surface area contributed by atoms with Crippen molar-refractivity contribution in [1.29, 1.82) is 0 Å². The van der Waals surface area contributed by atoms with Gasteiger partial charge >= 0.3 is 0 Å². The summed E-state index contributed by atoms with van der Waals surface area (Å²) in [6.07, 6.45) is 1.81. The summed E-state index contributed by atoms with van der Waals surface area (Å²) >= 11 is 3.69. The fraction of sp³-hybridized carbons (Fsp3) is 0. The highest BCUT2D eigenvalue weighted by atomic mass is 32.1. The Balaban J connectivity index is 1.01. The number of furan rings is 1. The monoisotopic (exact) mass is 740 g/mol. The van der Waals surface area contributed by atoms with Crippen molar-refractivity contribution in [3.8, 4) is 11.1 Å². The molecule has 55 heavy (non-hydrogen) atoms. The van der Waals surface area contributed by atoms with E-state index in [1.807, 2.05) is 28.9 Å². The molecule has 3 nitrogen and oxygen atoms in total. The Morgan fingerprint density at radius 2 is 0.836 bits per heavy atom. The van der Waals surface area contributed by atoms with Crippen molar-refractivity contribution in [2.45, 2.75) is 0 Å². The summed E-state index contributed by atoms with van der Waals surface area (Å²) in [5.41, 5.74) is 9.62. The van der Waals surface area contributed by atoms with E-state index in [4.69, 9.17) is 4.42 Å². The quantitative estimate of drug-likeness (QED) is 0.162. The van der Waals surface area contributed by atoms with Crippen LogP contribution in [0.25, 0.3) is 62.4 Å². The second-order valence-electron chi connectivity index (χ2n) is 13.7. The number of para-hydroxylation sites is 2. The molecule has 11 rings (SSSR count). The molecule has 0 bridgehead atoms. The molecule has 0 spiro atoms. The van der Waals surface area contributed by atoms with Crippen LogP contribution in [0.1, 0.15) is 0 Å². The summed E-state index contributed by atoms with van der Waals surface area (Å²) in [5.74, 6) is 0. The normalized spacial score (nSPS) is 11.6. The van der Waals surface area contributed by atoms with Gasteiger partial charge in [-0.15, -0.1) is 22.7 Å². The van der Waals surface area contributed by atoms with Crippen LogP contribution in [0.3, 0.4) is 0 Å². The van der Waals surface area contributed by atoms with Crippen LogP contribution in [-0.2, 0) is 0 Å². The minimum atomic E-state index is 0.864. The fourth-order valence-corrected chi connectivity index (χ4v) is 10.2. The van der Waals surface area contributed by atoms with Crippen LogP contribution in [-0.4, -0.2) is 0 Å². The Bertz CT molecular complexity index is 3160. The van der Waals surface area contributed by atoms with Crippen LogP contribution in [0.5, 0.6) is 0 Å². The number of thiophene rings is 2. The first-order chi connectivity index (χ1) is 27.3. The van der Waals surface area contributed by atoms with Gasteiger partial charge in [-0.2, -0.15) is 0 Å². The van der Waals surface area contributed by atoms with Crippen LogP contribution in [0, 0.1) is 0 Å². The number of nitrogens with zero attached hydrogens (tertiary/aromatic N) is 2. The van der Waals surface area contributed by atoms with Gasteiger partial charge in [0.25, 0.3) is 0 Å². The third-order valence-electron chi connectivity index (χ3n) is 10.5. The molecule has 0 atom stereocenters. The molecule has 0 radical (unpaired) electrons. The Morgan fingerprint density at radius 3 is 1.45 bits per heavy atom. The Kier molecular flexibility index (Phi) is 7.54. The molecule has 11 aromatic rings. The van der Waals surface area contributed by atoms with E-state index >= 15 is 0 Å². The maximum Gasteiger partial charge on any atom is 0.143 e. The molecule has 260 valence electrons. The first kappa shape index (κ1) is 31.8. The molecule has 0 unspecified atom stereocenters. The lowest BCUT2D eigenvalue weighted by molar-refractivity contribution is 0.617. The SMILES string of the molecule is c1ccc(N(c2ccc(-c3ccc(N(c4ccccc4)c4ccc5sc6ccccc6c5c4)c4ccoc34)cc2)c2ccc3sc4ccccc4c3c2)cc1. The van der Waals surface area contributed by atoms with E-state index in [9.17, 15) is 0 Å². The summed E-state index contributed by atoms with van der Waals surface area (Å²) in [4.78, 5) is 4.69. The third kappa shape index (κ3) is 5.39. The van der Waals surface area contributed by atoms with Crippen molar-refractivity contribution in [1.82, 2.24) is 0 Å². The van der Waals surface area contributed by atoms with Gasteiger partial charge in [-0.3, -0.25) is 0 Å². The van der Waals surface area contributed by atoms with E-state index in [0.717, 1.165) is 56.2 Å². The van der Waals surface area contributed by atoms with Gasteiger partial charge in [-0.1, -0.05) is 84.9 Å². The van der Waals surface area contributed by atoms with E-state index in [1.165, 1.54) is 40.3 Å². The molecule has 8 aromatic carbocycles. The number of benzene rings is 8. The van der Waals surface area contributed by atoms with E-state index in [1.54, 1.807) is 0 Å². The Morgan fingerprint density at radius 1 is 0.345 bits per heavy atom. The first-order valence-electron chi connectivity index (χ1n) is 18.4. The minimum Gasteiger partial charge on any atom is -0.464 e. The molecule has 3 heterocycles. The molecule has 0 aliphatic heterocycles. The zero-order valence-corrected chi connectivity index (χ0v) is 31.2. The number of hydrogen-bond acceptors (Lipinski definition) is 5. The predicted octanol–water partition coefficient (Wildman–Crippen LogP) is 15.8. The van der Waals surface area contributed by atoms with Crippen molar-refractivity contribution < 1.29 is 4.42 Å². The highest BCUT2D eigenvalue weighted by Gasteiger charge is 2.21. The minimum absolute atomic E-state index is 0.864. The number of anilines is 6. The molecule has 0 aliphatic carbocycles. The summed E-state index contributed by atoms with van der Waals surface area (Å²) < 4.78 is 11.5. The van der Waals surface area contributed by atoms with Crippen molar-refractivity contribution in [2.24, 2.45) is 0 Å². The van der Waals surface area contributed by atoms with Crippen molar-refractivity contribution in [3.05, 3.63) is 194 Å². The number of rotatable bonds is 7. The molecule has 3 aromatic heterocycles. The molecular weight excluding hydrogens is 709 g/mol. The smallest absolute Gasteiger partial charge is 0.143 e. The van der Waals surface area contributed by atoms with E-state index in [2.05, 4.69) is 198 Å². The first-order valence-corrected chi connectivity index (χ1v) is 20.0. The summed E-state index contributed by atoms with van der Waals surface area (Å²) in [6.45, 7) is 0. The molecule has 0 N–H and O–H groups in total. The van der Waals surface area contributed by atoms with E-state index in [0.29, 0.717) is 0 Å². The van der Waals surface area contributed by atoms with Crippen molar-refractivity contribution in [3.63, 3.8) is 0 Å². The van der Waals surface area contributed by atoms with Gasteiger partial charge in [0.05, 0.1) is 12.0 Å². The zero-order valence-electron chi connectivity index (χ0n) is 29.6. The maximum atomic E-state index is 6.33. The highest BCUT2D eigenvalue weighted by Crippen LogP contribution is 2.46. The molecule has 0 saturated heterocycles. The van der Waals surface area contributed by atoms with Crippen LogP contribution < -0.4 is 9.80 Å². The average Bonchev–Trinajstić information content (AvgIpc) is 3.98. The van der Waals surface area contributed by atoms with Crippen LogP contribution in [0.15, 0.2) is 199 Å². The van der Waals surface area contributed by atoms with Gasteiger partial charge in [0.1, 0.15) is 5.58 Å². The molecule has 0 saturated carbocycles. The van der Waals surface area contributed by atoms with Gasteiger partial charge in [0, 0.05) is 79.7 Å². The standard InChI is InChI=1S/C50H32N2OS2/c1-3-11-34(12-4-1)51(37-23-27-48-43(31-37)40-15-7-9-17-46(40)54-48)36-21-19-33(20-22-36)39-25-26-45(42-29-30-53-50(39)42)52(35-13-5-2-6-14-35)38-24-28-49-44(32-38)41-16-8-10-18-47(41)55-49/h1-32H. The Labute approximate surface area is 326 Å². The van der Waals surface area contributed by atoms with Gasteiger partial charge in [-0.05, 0) is 109 Å². The molecule has 0 aliphatic rings. The molecule has 5 heteroatoms. The van der Waals surface area contributed by atoms with Crippen LogP contribution in [0.2, 0.25) is 0 Å². The van der Waals surface area contributed by atoms with Gasteiger partial charge < -0.3 is 14.2 Å². The topological polar surface area (TPSA) is 19.6 Å². The van der Waals surface area contributed by atoms with Gasteiger partial charge in [0.2, 0.25) is 0 Å². The lowest BCUT2D eigenvalue weighted by atomic mass is 10.0. The Hall–Kier alpha value is -6.66. The van der Waals surface area contributed by atoms with Crippen molar-refractivity contribution in [2.75, 3.05) is 9.80 Å². The van der Waals surface area contributed by atoms with Gasteiger partial charge in [-0.25, -0.2) is 0 Å². The van der Waals surface area contributed by atoms with E-state index < -0.39 is 0 Å². The molecule has 0 amide bonds. The van der Waals surface area contributed by atoms with Gasteiger partial charge in [0.15, 0.2) is 0 Å². The number of fused-ring (bicyclic) bond motifs is 7. The molecular formula is C50H32N2OS2. The fourth-order valence-electron chi connectivity index (χ4n) is 7.99. The largest absolute Gasteiger partial charge is 0.464 e. The lowest BCUT2D eigenvalue weighted by Crippen LogP contribution is -2.10. The lowest BCUT2D eigenvalue weighted by Gasteiger charge is -2.27. The highest BCUT2D eigenvalue weighted by molar-refractivity contribution is 7.26. The van der Waals surface area contributed by atoms with Crippen LogP contribution >= 0.6 is 22.7 Å². The number of hydrogen-bond donors (Lipinski definition) is 0. The average molecular weight is 741 g/mol. The van der Waals surface area contributed by atoms with Crippen LogP contribution in [0.4, 0.5) is 34.1 Å². The predicted molar refractivity (Wildman–Crippen MR) is 237 cm³/mol. The second-order valence-corrected chi connectivity index (χ2v) is 15.9. The second kappa shape index (κ2) is 13.0.